The highest BCUT2D eigenvalue weighted by Crippen LogP contribution is 2.17. The summed E-state index contributed by atoms with van der Waals surface area (Å²) in [5.74, 6) is 0. The lowest BCUT2D eigenvalue weighted by atomic mass is 9.90. The molecule has 2 fully saturated rings. The molecule has 2 rings (SSSR count). The molecule has 0 aromatic rings. The minimum atomic E-state index is 0. The average molecular weight is 291 g/mol. The summed E-state index contributed by atoms with van der Waals surface area (Å²) in [5, 5.41) is 7.19. The molecule has 4 unspecified atom stereocenters. The van der Waals surface area contributed by atoms with Crippen molar-refractivity contribution in [3.8, 4) is 0 Å². The highest BCUT2D eigenvalue weighted by atomic mass is 35.5. The molecule has 0 amide bonds. The molecule has 0 saturated heterocycles. The molecule has 2 aliphatic rings. The molecule has 0 spiro atoms. The van der Waals surface area contributed by atoms with Crippen LogP contribution in [-0.2, 0) is 0 Å². The molecule has 19 heavy (non-hydrogen) atoms. The predicted octanol–water partition coefficient (Wildman–Crippen LogP) is 1.13. The van der Waals surface area contributed by atoms with Crippen LogP contribution in [0.2, 0.25) is 0 Å². The Labute approximate surface area is 123 Å². The van der Waals surface area contributed by atoms with E-state index in [-0.39, 0.29) is 12.4 Å². The van der Waals surface area contributed by atoms with Gasteiger partial charge in [0.15, 0.2) is 0 Å². The largest absolute Gasteiger partial charge is 0.326 e. The third kappa shape index (κ3) is 5.56. The maximum atomic E-state index is 6.12. The molecular weight excluding hydrogens is 260 g/mol. The Morgan fingerprint density at radius 1 is 0.684 bits per heavy atom. The second-order valence-corrected chi connectivity index (χ2v) is 6.02. The Morgan fingerprint density at radius 3 is 1.42 bits per heavy atom. The van der Waals surface area contributed by atoms with Crippen molar-refractivity contribution in [3.05, 3.63) is 0 Å². The van der Waals surface area contributed by atoms with Crippen molar-refractivity contribution in [1.29, 1.82) is 0 Å². The Hall–Kier alpha value is 0.130. The zero-order valence-corrected chi connectivity index (χ0v) is 12.8. The van der Waals surface area contributed by atoms with E-state index in [0.717, 1.165) is 13.1 Å². The normalized spacial score (nSPS) is 35.7. The fourth-order valence-corrected chi connectivity index (χ4v) is 3.34. The quantitative estimate of drug-likeness (QED) is 0.573. The van der Waals surface area contributed by atoms with Crippen LogP contribution in [0.3, 0.4) is 0 Å². The lowest BCUT2D eigenvalue weighted by molar-refractivity contribution is 0.306. The molecule has 2 aliphatic carbocycles. The summed E-state index contributed by atoms with van der Waals surface area (Å²) < 4.78 is 0. The van der Waals surface area contributed by atoms with Crippen LogP contribution in [0.1, 0.15) is 51.4 Å². The minimum Gasteiger partial charge on any atom is -0.326 e. The topological polar surface area (TPSA) is 76.1 Å². The van der Waals surface area contributed by atoms with Crippen LogP contribution in [0.4, 0.5) is 0 Å². The minimum absolute atomic E-state index is 0. The number of nitrogens with one attached hydrogen (secondary N) is 2. The van der Waals surface area contributed by atoms with Crippen LogP contribution in [0, 0.1) is 0 Å². The summed E-state index contributed by atoms with van der Waals surface area (Å²) in [7, 11) is 0. The van der Waals surface area contributed by atoms with Gasteiger partial charge in [-0.2, -0.15) is 0 Å². The highest BCUT2D eigenvalue weighted by Gasteiger charge is 2.22. The van der Waals surface area contributed by atoms with E-state index in [1.54, 1.807) is 0 Å². The van der Waals surface area contributed by atoms with Crippen molar-refractivity contribution in [2.24, 2.45) is 11.5 Å². The third-order valence-corrected chi connectivity index (χ3v) is 4.58. The van der Waals surface area contributed by atoms with Crippen molar-refractivity contribution < 1.29 is 0 Å². The number of rotatable bonds is 5. The Kier molecular flexibility index (Phi) is 8.26. The van der Waals surface area contributed by atoms with Crippen molar-refractivity contribution in [2.45, 2.75) is 75.5 Å². The Bertz CT molecular complexity index is 215. The maximum absolute atomic E-state index is 6.12. The van der Waals surface area contributed by atoms with Gasteiger partial charge in [0.1, 0.15) is 0 Å². The molecule has 5 heteroatoms. The highest BCUT2D eigenvalue weighted by molar-refractivity contribution is 5.85. The van der Waals surface area contributed by atoms with E-state index in [2.05, 4.69) is 10.6 Å². The molecule has 114 valence electrons. The van der Waals surface area contributed by atoms with Gasteiger partial charge in [0.05, 0.1) is 0 Å². The molecule has 2 saturated carbocycles. The average Bonchev–Trinajstić information content (AvgIpc) is 2.38. The lowest BCUT2D eigenvalue weighted by Gasteiger charge is -2.31. The van der Waals surface area contributed by atoms with Gasteiger partial charge in [0.25, 0.3) is 0 Å². The summed E-state index contributed by atoms with van der Waals surface area (Å²) in [5.41, 5.74) is 12.2. The molecule has 0 aliphatic heterocycles. The first kappa shape index (κ1) is 17.2. The Balaban J connectivity index is 0.00000180. The van der Waals surface area contributed by atoms with Gasteiger partial charge < -0.3 is 22.1 Å². The maximum Gasteiger partial charge on any atom is 0.0219 e. The van der Waals surface area contributed by atoms with Gasteiger partial charge in [0, 0.05) is 37.3 Å². The van der Waals surface area contributed by atoms with Gasteiger partial charge in [-0.15, -0.1) is 12.4 Å². The fourth-order valence-electron chi connectivity index (χ4n) is 3.34. The summed E-state index contributed by atoms with van der Waals surface area (Å²) in [4.78, 5) is 0. The van der Waals surface area contributed by atoms with Crippen LogP contribution in [0.25, 0.3) is 0 Å². The molecule has 0 bridgehead atoms. The van der Waals surface area contributed by atoms with E-state index < -0.39 is 0 Å². The summed E-state index contributed by atoms with van der Waals surface area (Å²) in [6, 6.07) is 1.77. The second kappa shape index (κ2) is 9.14. The fraction of sp³-hybridized carbons (Fsp3) is 1.00. The van der Waals surface area contributed by atoms with Gasteiger partial charge in [-0.1, -0.05) is 25.7 Å². The van der Waals surface area contributed by atoms with E-state index in [4.69, 9.17) is 11.5 Å². The van der Waals surface area contributed by atoms with Crippen molar-refractivity contribution in [3.63, 3.8) is 0 Å². The Morgan fingerprint density at radius 2 is 1.05 bits per heavy atom. The van der Waals surface area contributed by atoms with Gasteiger partial charge >= 0.3 is 0 Å². The van der Waals surface area contributed by atoms with Crippen molar-refractivity contribution in [2.75, 3.05) is 13.1 Å². The van der Waals surface area contributed by atoms with Gasteiger partial charge in [-0.25, -0.2) is 0 Å². The number of hydrogen-bond donors (Lipinski definition) is 4. The van der Waals surface area contributed by atoms with Crippen LogP contribution in [-0.4, -0.2) is 37.3 Å². The first-order valence-corrected chi connectivity index (χ1v) is 7.75. The van der Waals surface area contributed by atoms with Crippen LogP contribution in [0.5, 0.6) is 0 Å². The van der Waals surface area contributed by atoms with Gasteiger partial charge in [-0.3, -0.25) is 0 Å². The smallest absolute Gasteiger partial charge is 0.0219 e. The molecular formula is C14H31ClN4. The lowest BCUT2D eigenvalue weighted by Crippen LogP contribution is -2.51. The third-order valence-electron chi connectivity index (χ3n) is 4.58. The van der Waals surface area contributed by atoms with Crippen LogP contribution >= 0.6 is 12.4 Å². The van der Waals surface area contributed by atoms with E-state index in [0.29, 0.717) is 24.2 Å². The van der Waals surface area contributed by atoms with Crippen LogP contribution in [0.15, 0.2) is 0 Å². The standard InChI is InChI=1S/C14H30N4.ClH/c15-11-5-1-3-7-13(11)17-9-10-18-14-8-4-2-6-12(14)16;/h11-14,17-18H,1-10,15-16H2;1H. The number of hydrogen-bond acceptors (Lipinski definition) is 4. The van der Waals surface area contributed by atoms with Crippen molar-refractivity contribution in [1.82, 2.24) is 10.6 Å². The predicted molar refractivity (Wildman–Crippen MR) is 83.7 cm³/mol. The van der Waals surface area contributed by atoms with Gasteiger partial charge in [-0.05, 0) is 25.7 Å². The zero-order chi connectivity index (χ0) is 12.8. The van der Waals surface area contributed by atoms with Crippen LogP contribution < -0.4 is 22.1 Å². The molecule has 0 heterocycles. The molecule has 0 radical (unpaired) electrons. The van der Waals surface area contributed by atoms with Gasteiger partial charge in [0.2, 0.25) is 0 Å². The van der Waals surface area contributed by atoms with E-state index >= 15 is 0 Å². The summed E-state index contributed by atoms with van der Waals surface area (Å²) in [6.45, 7) is 2.03. The second-order valence-electron chi connectivity index (χ2n) is 6.02. The SMILES string of the molecule is Cl.NC1CCCCC1NCCNC1CCCCC1N. The van der Waals surface area contributed by atoms with Crippen molar-refractivity contribution >= 4 is 12.4 Å². The molecule has 0 aromatic heterocycles. The monoisotopic (exact) mass is 290 g/mol. The first-order chi connectivity index (χ1) is 8.77. The molecule has 4 nitrogen and oxygen atoms in total. The molecule has 0 aromatic carbocycles. The first-order valence-electron chi connectivity index (χ1n) is 7.75. The van der Waals surface area contributed by atoms with E-state index in [1.165, 1.54) is 51.4 Å². The molecule has 6 N–H and O–H groups in total. The van der Waals surface area contributed by atoms with E-state index in [9.17, 15) is 0 Å². The summed E-state index contributed by atoms with van der Waals surface area (Å²) >= 11 is 0. The zero-order valence-electron chi connectivity index (χ0n) is 11.9. The summed E-state index contributed by atoms with van der Waals surface area (Å²) in [6.07, 6.45) is 10.1. The van der Waals surface area contributed by atoms with E-state index in [1.807, 2.05) is 0 Å². The number of halogens is 1. The number of nitrogens with two attached hydrogens (primary N) is 2. The molecule has 4 atom stereocenters.